The maximum Gasteiger partial charge on any atom is 0.251 e. The van der Waals surface area contributed by atoms with Crippen molar-refractivity contribution in [2.45, 2.75) is 147 Å². The normalized spacial score (nSPS) is 12.1. The van der Waals surface area contributed by atoms with Gasteiger partial charge in [0.05, 0.1) is 58.9 Å². The van der Waals surface area contributed by atoms with Crippen molar-refractivity contribution in [1.29, 1.82) is 0 Å². The first-order valence-electron chi connectivity index (χ1n) is 43.9. The number of hydrogen-bond acceptors (Lipinski definition) is 14. The van der Waals surface area contributed by atoms with E-state index in [0.717, 1.165) is 196 Å². The number of aromatic nitrogens is 9. The molecule has 9 aromatic heterocycles. The van der Waals surface area contributed by atoms with Gasteiger partial charge in [0.15, 0.2) is 16.9 Å². The van der Waals surface area contributed by atoms with Gasteiger partial charge < -0.3 is 34.4 Å². The fourth-order valence-electron chi connectivity index (χ4n) is 16.7. The highest BCUT2D eigenvalue weighted by Gasteiger charge is 2.23. The van der Waals surface area contributed by atoms with Gasteiger partial charge in [0.2, 0.25) is 5.91 Å². The molecule has 0 radical (unpaired) electrons. The molecule has 18 rings (SSSR count). The van der Waals surface area contributed by atoms with Crippen LogP contribution in [0.2, 0.25) is 0 Å². The summed E-state index contributed by atoms with van der Waals surface area (Å²) >= 11 is 5.33. The molecule has 10 heterocycles. The van der Waals surface area contributed by atoms with Crippen molar-refractivity contribution in [2.24, 2.45) is 0 Å². The van der Waals surface area contributed by atoms with Crippen LogP contribution in [0.4, 0.5) is 0 Å². The molecule has 3 N–H and O–H groups in total. The van der Waals surface area contributed by atoms with Crippen molar-refractivity contribution in [1.82, 2.24) is 64.5 Å². The van der Waals surface area contributed by atoms with Crippen LogP contribution < -0.4 is 16.0 Å². The Morgan fingerprint density at radius 3 is 1.01 bits per heavy atom. The van der Waals surface area contributed by atoms with Gasteiger partial charge >= 0.3 is 0 Å². The molecule has 1 aliphatic rings. The lowest BCUT2D eigenvalue weighted by atomic mass is 10.0. The third-order valence-corrected chi connectivity index (χ3v) is 26.5. The molecule has 3 amide bonds. The van der Waals surface area contributed by atoms with E-state index in [1.54, 1.807) is 34.0 Å². The molecule has 0 spiro atoms. The Bertz CT molecular complexity index is 6380. The number of pyridine rings is 3. The van der Waals surface area contributed by atoms with Crippen LogP contribution in [-0.2, 0) is 93.9 Å². The number of ether oxygens (including phenoxy) is 1. The lowest BCUT2D eigenvalue weighted by Gasteiger charge is -2.25. The smallest absolute Gasteiger partial charge is 0.251 e. The average molecular weight is 1740 g/mol. The van der Waals surface area contributed by atoms with Gasteiger partial charge in [-0.1, -0.05) is 221 Å². The molecule has 1 fully saturated rings. The number of carbonyl (C=O) groups is 3. The standard InChI is InChI=1S/2C36H34N4OS.C35H39N5O2S/c2*1-4-33-39-34-24(2)19-25(3)38-35(34)40(33)23-27-15-17-28(18-16-27)31-21-30(20-26-11-7-5-8-12-26)42-32(31)22-37-36(41)29-13-9-6-10-14-29;1-4-32-38-34-24(2)18-25(3)37-35(34)40(32)22-27-10-12-28(13-11-27)30-20-29(23-39-14-16-42-17-15-39)43-31(30)21-36-33(41)19-26-8-6-5-7-9-26/h2*5-19,21H,4,20,22-23H2,1-3H3,(H,37,41);5-13,18,20H,4,14-17,19,21-23H2,1-3H3,(H,36,41). The number of fused-ring (bicyclic) bond motifs is 3. The summed E-state index contributed by atoms with van der Waals surface area (Å²) in [4.78, 5) is 77.5. The number of imidazole rings is 3. The van der Waals surface area contributed by atoms with Crippen molar-refractivity contribution in [2.75, 3.05) is 26.3 Å². The maximum atomic E-state index is 12.8. The van der Waals surface area contributed by atoms with Crippen LogP contribution >= 0.6 is 34.0 Å². The van der Waals surface area contributed by atoms with Crippen LogP contribution in [0.5, 0.6) is 0 Å². The van der Waals surface area contributed by atoms with Gasteiger partial charge in [-0.25, -0.2) is 29.9 Å². The molecule has 8 aromatic carbocycles. The molecule has 20 heteroatoms. The quantitative estimate of drug-likeness (QED) is 0.0423. The van der Waals surface area contributed by atoms with Crippen molar-refractivity contribution in [3.05, 3.63) is 386 Å². The van der Waals surface area contributed by atoms with Gasteiger partial charge in [-0.15, -0.1) is 34.0 Å². The van der Waals surface area contributed by atoms with Gasteiger partial charge in [0, 0.05) is 109 Å². The number of hydrogen-bond donors (Lipinski definition) is 3. The Morgan fingerprint density at radius 1 is 0.346 bits per heavy atom. The molecule has 127 heavy (non-hydrogen) atoms. The third-order valence-electron chi connectivity index (χ3n) is 23.1. The van der Waals surface area contributed by atoms with E-state index in [2.05, 4.69) is 234 Å². The van der Waals surface area contributed by atoms with Crippen molar-refractivity contribution < 1.29 is 19.1 Å². The molecule has 0 unspecified atom stereocenters. The third kappa shape index (κ3) is 21.6. The van der Waals surface area contributed by atoms with Crippen LogP contribution in [0.25, 0.3) is 66.9 Å². The minimum absolute atomic E-state index is 0.0361. The van der Waals surface area contributed by atoms with E-state index < -0.39 is 0 Å². The summed E-state index contributed by atoms with van der Waals surface area (Å²) < 4.78 is 12.3. The minimum atomic E-state index is -0.0618. The zero-order valence-electron chi connectivity index (χ0n) is 73.7. The molecule has 0 aliphatic carbocycles. The van der Waals surface area contributed by atoms with E-state index in [1.165, 1.54) is 69.6 Å². The summed E-state index contributed by atoms with van der Waals surface area (Å²) in [5.41, 5.74) is 27.9. The van der Waals surface area contributed by atoms with Crippen LogP contribution in [0, 0.1) is 41.5 Å². The lowest BCUT2D eigenvalue weighted by Crippen LogP contribution is -2.35. The SMILES string of the molecule is CCc1nc2c(C)cc(C)nc2n1Cc1ccc(-c2cc(CN3CCOCC3)sc2CNC(=O)Cc2ccccc2)cc1.CCc1nc2c(C)cc(C)nc2n1Cc1ccc(-c2cc(Cc3ccccc3)sc2CNC(=O)c2ccccc2)cc1.CCc1nc2c(C)cc(C)nc2n1Cc1ccc(-c2cc(Cc3ccccc3)sc2CNC(=O)c2ccccc2)cc1. The number of morpholine rings is 1. The lowest BCUT2D eigenvalue weighted by molar-refractivity contribution is -0.120. The molecule has 0 atom stereocenters. The minimum Gasteiger partial charge on any atom is -0.379 e. The first kappa shape index (κ1) is 87.5. The summed E-state index contributed by atoms with van der Waals surface area (Å²) in [6.07, 6.45) is 4.67. The first-order chi connectivity index (χ1) is 61.9. The molecule has 642 valence electrons. The van der Waals surface area contributed by atoms with Gasteiger partial charge in [-0.05, 0) is 186 Å². The van der Waals surface area contributed by atoms with E-state index in [4.69, 9.17) is 34.6 Å². The van der Waals surface area contributed by atoms with Crippen LogP contribution in [-0.4, -0.2) is 92.5 Å². The van der Waals surface area contributed by atoms with Crippen molar-refractivity contribution in [3.63, 3.8) is 0 Å². The van der Waals surface area contributed by atoms with Gasteiger partial charge in [0.1, 0.15) is 34.0 Å². The maximum absolute atomic E-state index is 12.8. The number of aryl methyl sites for hydroxylation is 9. The summed E-state index contributed by atoms with van der Waals surface area (Å²) in [5, 5.41) is 9.45. The Morgan fingerprint density at radius 2 is 0.661 bits per heavy atom. The number of amides is 3. The Hall–Kier alpha value is -13.0. The number of carbonyl (C=O) groups excluding carboxylic acids is 3. The van der Waals surface area contributed by atoms with Crippen LogP contribution in [0.15, 0.2) is 261 Å². The monoisotopic (exact) mass is 1730 g/mol. The van der Waals surface area contributed by atoms with Gasteiger partial charge in [-0.3, -0.25) is 19.3 Å². The number of nitrogens with one attached hydrogen (secondary N) is 3. The highest BCUT2D eigenvalue weighted by Crippen LogP contribution is 2.38. The molecule has 1 aliphatic heterocycles. The van der Waals surface area contributed by atoms with Gasteiger partial charge in [-0.2, -0.15) is 0 Å². The fraction of sp³-hybridized carbons (Fsp3) is 0.243. The van der Waals surface area contributed by atoms with Gasteiger partial charge in [0.25, 0.3) is 11.8 Å². The first-order valence-corrected chi connectivity index (χ1v) is 46.4. The largest absolute Gasteiger partial charge is 0.379 e. The highest BCUT2D eigenvalue weighted by molar-refractivity contribution is 7.13. The molecule has 0 saturated carbocycles. The predicted octanol–water partition coefficient (Wildman–Crippen LogP) is 21.9. The molecular weight excluding hydrogens is 1630 g/mol. The highest BCUT2D eigenvalue weighted by atomic mass is 32.1. The zero-order valence-corrected chi connectivity index (χ0v) is 76.1. The number of benzene rings is 8. The van der Waals surface area contributed by atoms with Crippen molar-refractivity contribution in [3.8, 4) is 33.4 Å². The van der Waals surface area contributed by atoms with E-state index >= 15 is 0 Å². The average Bonchev–Trinajstić information content (AvgIpc) is 1.64. The van der Waals surface area contributed by atoms with E-state index in [0.29, 0.717) is 37.2 Å². The second-order valence-electron chi connectivity index (χ2n) is 32.7. The summed E-state index contributed by atoms with van der Waals surface area (Å²) in [5.74, 6) is 3.07. The molecular formula is C107H107N13O4S3. The summed E-state index contributed by atoms with van der Waals surface area (Å²) in [6, 6.07) is 89.3. The molecule has 1 saturated heterocycles. The second-order valence-corrected chi connectivity index (χ2v) is 36.3. The number of rotatable bonds is 28. The molecule has 17 aromatic rings. The van der Waals surface area contributed by atoms with E-state index in [1.807, 2.05) is 124 Å². The summed E-state index contributed by atoms with van der Waals surface area (Å²) in [7, 11) is 0. The van der Waals surface area contributed by atoms with E-state index in [-0.39, 0.29) is 17.7 Å². The molecule has 0 bridgehead atoms. The van der Waals surface area contributed by atoms with Crippen LogP contribution in [0.3, 0.4) is 0 Å². The second kappa shape index (κ2) is 41.0. The zero-order chi connectivity index (χ0) is 87.9. The number of nitrogens with zero attached hydrogens (tertiary/aromatic N) is 10. The Balaban J connectivity index is 0.000000140. The molecule has 17 nitrogen and oxygen atoms in total. The fourth-order valence-corrected chi connectivity index (χ4v) is 20.2. The Kier molecular flexibility index (Phi) is 28.3. The Labute approximate surface area is 755 Å². The topological polar surface area (TPSA) is 192 Å². The summed E-state index contributed by atoms with van der Waals surface area (Å²) in [6.45, 7) is 26.9. The predicted molar refractivity (Wildman–Crippen MR) is 518 cm³/mol. The van der Waals surface area contributed by atoms with Crippen molar-refractivity contribution >= 4 is 85.2 Å². The number of thiophene rings is 3. The van der Waals surface area contributed by atoms with E-state index in [9.17, 15) is 14.4 Å². The van der Waals surface area contributed by atoms with Crippen LogP contribution in [0.1, 0.15) is 155 Å².